The maximum Gasteiger partial charge on any atom is 0.160 e. The van der Waals surface area contributed by atoms with Crippen LogP contribution in [-0.4, -0.2) is 26.7 Å². The third-order valence-corrected chi connectivity index (χ3v) is 3.90. The first-order valence-electron chi connectivity index (χ1n) is 7.44. The van der Waals surface area contributed by atoms with Crippen LogP contribution < -0.4 is 4.74 Å². The minimum Gasteiger partial charge on any atom is -0.497 e. The number of aromatic amines is 1. The van der Waals surface area contributed by atoms with Crippen LogP contribution in [0.3, 0.4) is 0 Å². The number of rotatable bonds is 4. The SMILES string of the molecule is COc1ccc(Cc2nnc3ccc(-c4ccc[nH]4)cn23)cc1. The van der Waals surface area contributed by atoms with Crippen LogP contribution in [0.5, 0.6) is 5.75 Å². The van der Waals surface area contributed by atoms with Gasteiger partial charge >= 0.3 is 0 Å². The van der Waals surface area contributed by atoms with Crippen molar-refractivity contribution in [1.82, 2.24) is 19.6 Å². The molecule has 23 heavy (non-hydrogen) atoms. The van der Waals surface area contributed by atoms with Gasteiger partial charge in [-0.25, -0.2) is 0 Å². The Balaban J connectivity index is 1.70. The molecule has 0 bridgehead atoms. The van der Waals surface area contributed by atoms with Crippen molar-refractivity contribution in [2.45, 2.75) is 6.42 Å². The van der Waals surface area contributed by atoms with E-state index >= 15 is 0 Å². The molecule has 1 N–H and O–H groups in total. The van der Waals surface area contributed by atoms with Gasteiger partial charge in [-0.05, 0) is 42.0 Å². The van der Waals surface area contributed by atoms with Gasteiger partial charge in [0.05, 0.1) is 7.11 Å². The van der Waals surface area contributed by atoms with Gasteiger partial charge in [0.15, 0.2) is 5.65 Å². The Morgan fingerprint density at radius 1 is 1.04 bits per heavy atom. The number of pyridine rings is 1. The highest BCUT2D eigenvalue weighted by Gasteiger charge is 2.08. The van der Waals surface area contributed by atoms with Crippen molar-refractivity contribution >= 4 is 5.65 Å². The lowest BCUT2D eigenvalue weighted by molar-refractivity contribution is 0.414. The Morgan fingerprint density at radius 2 is 1.91 bits per heavy atom. The molecule has 0 fully saturated rings. The Kier molecular flexibility index (Phi) is 3.31. The molecule has 0 spiro atoms. The van der Waals surface area contributed by atoms with E-state index in [1.165, 1.54) is 5.56 Å². The van der Waals surface area contributed by atoms with Gasteiger partial charge in [-0.1, -0.05) is 12.1 Å². The number of nitrogens with zero attached hydrogens (tertiary/aromatic N) is 3. The molecule has 0 saturated heterocycles. The highest BCUT2D eigenvalue weighted by Crippen LogP contribution is 2.20. The van der Waals surface area contributed by atoms with Crippen LogP contribution in [-0.2, 0) is 6.42 Å². The summed E-state index contributed by atoms with van der Waals surface area (Å²) in [6.07, 6.45) is 4.71. The number of fused-ring (bicyclic) bond motifs is 1. The molecule has 3 aromatic heterocycles. The van der Waals surface area contributed by atoms with Crippen molar-refractivity contribution in [3.8, 4) is 17.0 Å². The Morgan fingerprint density at radius 3 is 2.65 bits per heavy atom. The van der Waals surface area contributed by atoms with Crippen LogP contribution in [0, 0.1) is 0 Å². The molecule has 0 saturated carbocycles. The van der Waals surface area contributed by atoms with Gasteiger partial charge in [-0.15, -0.1) is 10.2 Å². The first-order chi connectivity index (χ1) is 11.3. The first kappa shape index (κ1) is 13.6. The fraction of sp³-hybridized carbons (Fsp3) is 0.111. The van der Waals surface area contributed by atoms with Crippen LogP contribution in [0.2, 0.25) is 0 Å². The van der Waals surface area contributed by atoms with Crippen LogP contribution >= 0.6 is 0 Å². The quantitative estimate of drug-likeness (QED) is 0.629. The summed E-state index contributed by atoms with van der Waals surface area (Å²) >= 11 is 0. The summed E-state index contributed by atoms with van der Waals surface area (Å²) in [6.45, 7) is 0. The summed E-state index contributed by atoms with van der Waals surface area (Å²) in [5.74, 6) is 1.77. The highest BCUT2D eigenvalue weighted by molar-refractivity contribution is 5.61. The van der Waals surface area contributed by atoms with Crippen molar-refractivity contribution in [3.63, 3.8) is 0 Å². The number of methoxy groups -OCH3 is 1. The van der Waals surface area contributed by atoms with Crippen molar-refractivity contribution in [3.05, 3.63) is 72.3 Å². The zero-order chi connectivity index (χ0) is 15.6. The van der Waals surface area contributed by atoms with E-state index in [0.717, 1.165) is 34.9 Å². The number of benzene rings is 1. The maximum absolute atomic E-state index is 5.20. The number of hydrogen-bond donors (Lipinski definition) is 1. The zero-order valence-electron chi connectivity index (χ0n) is 12.7. The van der Waals surface area contributed by atoms with Crippen molar-refractivity contribution in [2.24, 2.45) is 0 Å². The van der Waals surface area contributed by atoms with Crippen LogP contribution in [0.1, 0.15) is 11.4 Å². The fourth-order valence-electron chi connectivity index (χ4n) is 2.65. The second-order valence-corrected chi connectivity index (χ2v) is 5.37. The molecular formula is C18H16N4O. The van der Waals surface area contributed by atoms with Gasteiger partial charge in [0, 0.05) is 30.1 Å². The van der Waals surface area contributed by atoms with Crippen LogP contribution in [0.4, 0.5) is 0 Å². The highest BCUT2D eigenvalue weighted by atomic mass is 16.5. The van der Waals surface area contributed by atoms with Gasteiger partial charge in [0.1, 0.15) is 11.6 Å². The minimum atomic E-state index is 0.722. The number of aromatic nitrogens is 4. The third kappa shape index (κ3) is 2.57. The average molecular weight is 304 g/mol. The molecule has 4 aromatic rings. The lowest BCUT2D eigenvalue weighted by Crippen LogP contribution is -1.97. The smallest absolute Gasteiger partial charge is 0.160 e. The van der Waals surface area contributed by atoms with E-state index in [0.29, 0.717) is 0 Å². The predicted octanol–water partition coefficient (Wildman–Crippen LogP) is 3.32. The van der Waals surface area contributed by atoms with Crippen LogP contribution in [0.15, 0.2) is 60.9 Å². The fourth-order valence-corrected chi connectivity index (χ4v) is 2.65. The van der Waals surface area contributed by atoms with Crippen LogP contribution in [0.25, 0.3) is 16.9 Å². The summed E-state index contributed by atoms with van der Waals surface area (Å²) in [5, 5.41) is 8.58. The minimum absolute atomic E-state index is 0.722. The lowest BCUT2D eigenvalue weighted by Gasteiger charge is -2.04. The van der Waals surface area contributed by atoms with E-state index in [4.69, 9.17) is 4.74 Å². The van der Waals surface area contributed by atoms with E-state index in [2.05, 4.69) is 39.6 Å². The number of H-pyrrole nitrogens is 1. The summed E-state index contributed by atoms with van der Waals surface area (Å²) in [6, 6.07) is 16.1. The topological polar surface area (TPSA) is 55.2 Å². The first-order valence-corrected chi connectivity index (χ1v) is 7.44. The monoisotopic (exact) mass is 304 g/mol. The van der Waals surface area contributed by atoms with E-state index in [1.807, 2.05) is 40.9 Å². The molecule has 0 radical (unpaired) electrons. The van der Waals surface area contributed by atoms with Crippen molar-refractivity contribution in [1.29, 1.82) is 0 Å². The van der Waals surface area contributed by atoms with E-state index in [1.54, 1.807) is 7.11 Å². The second kappa shape index (κ2) is 5.61. The number of hydrogen-bond acceptors (Lipinski definition) is 3. The molecular weight excluding hydrogens is 288 g/mol. The van der Waals surface area contributed by atoms with Crippen molar-refractivity contribution in [2.75, 3.05) is 7.11 Å². The Bertz CT molecular complexity index is 923. The van der Waals surface area contributed by atoms with Gasteiger partial charge < -0.3 is 9.72 Å². The third-order valence-electron chi connectivity index (χ3n) is 3.90. The second-order valence-electron chi connectivity index (χ2n) is 5.37. The molecule has 1 aromatic carbocycles. The largest absolute Gasteiger partial charge is 0.497 e. The maximum atomic E-state index is 5.20. The zero-order valence-corrected chi connectivity index (χ0v) is 12.7. The predicted molar refractivity (Wildman–Crippen MR) is 88.6 cm³/mol. The van der Waals surface area contributed by atoms with Gasteiger partial charge in [-0.3, -0.25) is 4.40 Å². The molecule has 0 aliphatic rings. The van der Waals surface area contributed by atoms with Gasteiger partial charge in [0.25, 0.3) is 0 Å². The average Bonchev–Trinajstić information content (AvgIpc) is 3.25. The summed E-state index contributed by atoms with van der Waals surface area (Å²) < 4.78 is 7.24. The molecule has 0 unspecified atom stereocenters. The molecule has 5 heteroatoms. The molecule has 0 aliphatic carbocycles. The standard InChI is InChI=1S/C18H16N4O/c1-23-15-7-4-13(5-8-15)11-18-21-20-17-9-6-14(12-22(17)18)16-3-2-10-19-16/h2-10,12,19H,11H2,1H3. The Hall–Kier alpha value is -3.08. The number of ether oxygens (including phenoxy) is 1. The van der Waals surface area contributed by atoms with Gasteiger partial charge in [0.2, 0.25) is 0 Å². The van der Waals surface area contributed by atoms with E-state index < -0.39 is 0 Å². The van der Waals surface area contributed by atoms with E-state index in [9.17, 15) is 0 Å². The Labute approximate surface area is 133 Å². The molecule has 5 nitrogen and oxygen atoms in total. The summed E-state index contributed by atoms with van der Waals surface area (Å²) in [4.78, 5) is 3.22. The molecule has 0 atom stereocenters. The van der Waals surface area contributed by atoms with Crippen molar-refractivity contribution < 1.29 is 4.74 Å². The lowest BCUT2D eigenvalue weighted by atomic mass is 10.1. The summed E-state index contributed by atoms with van der Waals surface area (Å²) in [5.41, 5.74) is 4.21. The molecule has 0 amide bonds. The normalized spacial score (nSPS) is 11.0. The summed E-state index contributed by atoms with van der Waals surface area (Å²) in [7, 11) is 1.67. The molecule has 3 heterocycles. The molecule has 114 valence electrons. The molecule has 4 rings (SSSR count). The van der Waals surface area contributed by atoms with Gasteiger partial charge in [-0.2, -0.15) is 0 Å². The number of nitrogens with one attached hydrogen (secondary N) is 1. The molecule has 0 aliphatic heterocycles. The van der Waals surface area contributed by atoms with E-state index in [-0.39, 0.29) is 0 Å².